The molecule has 5 aromatic carbocycles. The number of hydrogen-bond donors (Lipinski definition) is 0. The Kier molecular flexibility index (Phi) is 5.87. The molecule has 0 fully saturated rings. The molecule has 0 N–H and O–H groups in total. The SMILES string of the molecule is O=C1c2ccc(Oc3ccccc3)cc2C(=O)N1c1cccc(N2C(=O)c3ccc(Oc4ccccc4)cc3C2=O)c1. The van der Waals surface area contributed by atoms with Crippen LogP contribution < -0.4 is 19.3 Å². The van der Waals surface area contributed by atoms with Crippen LogP contribution in [0.15, 0.2) is 121 Å². The van der Waals surface area contributed by atoms with Crippen molar-refractivity contribution in [3.05, 3.63) is 144 Å². The van der Waals surface area contributed by atoms with E-state index < -0.39 is 23.6 Å². The maximum atomic E-state index is 13.4. The molecule has 8 heteroatoms. The minimum atomic E-state index is -0.532. The summed E-state index contributed by atoms with van der Waals surface area (Å²) in [5, 5.41) is 0. The molecule has 2 heterocycles. The van der Waals surface area contributed by atoms with Crippen LogP contribution in [0.3, 0.4) is 0 Å². The lowest BCUT2D eigenvalue weighted by Gasteiger charge is -2.18. The van der Waals surface area contributed by atoms with Gasteiger partial charge in [0.25, 0.3) is 23.6 Å². The van der Waals surface area contributed by atoms with E-state index in [0.29, 0.717) is 23.0 Å². The van der Waals surface area contributed by atoms with Gasteiger partial charge in [-0.25, -0.2) is 9.80 Å². The molecule has 4 amide bonds. The second kappa shape index (κ2) is 9.87. The Bertz CT molecular complexity index is 1780. The molecule has 5 aromatic rings. The largest absolute Gasteiger partial charge is 0.457 e. The smallest absolute Gasteiger partial charge is 0.266 e. The minimum Gasteiger partial charge on any atom is -0.457 e. The van der Waals surface area contributed by atoms with Crippen LogP contribution in [-0.2, 0) is 0 Å². The lowest BCUT2D eigenvalue weighted by atomic mass is 10.1. The van der Waals surface area contributed by atoms with Crippen LogP contribution in [0.5, 0.6) is 23.0 Å². The fourth-order valence-corrected chi connectivity index (χ4v) is 5.06. The van der Waals surface area contributed by atoms with E-state index in [9.17, 15) is 19.2 Å². The Labute approximate surface area is 240 Å². The maximum Gasteiger partial charge on any atom is 0.266 e. The molecule has 0 spiro atoms. The summed E-state index contributed by atoms with van der Waals surface area (Å²) < 4.78 is 11.7. The molecule has 0 unspecified atom stereocenters. The first-order chi connectivity index (χ1) is 20.5. The van der Waals surface area contributed by atoms with Gasteiger partial charge in [-0.3, -0.25) is 19.2 Å². The van der Waals surface area contributed by atoms with Crippen molar-refractivity contribution in [2.24, 2.45) is 0 Å². The molecule has 2 aliphatic heterocycles. The van der Waals surface area contributed by atoms with Gasteiger partial charge in [0.05, 0.1) is 33.6 Å². The Morgan fingerprint density at radius 2 is 0.762 bits per heavy atom. The molecular formula is C34H20N2O6. The van der Waals surface area contributed by atoms with Gasteiger partial charge in [-0.1, -0.05) is 42.5 Å². The molecule has 0 saturated carbocycles. The summed E-state index contributed by atoms with van der Waals surface area (Å²) in [6.07, 6.45) is 0. The number of ether oxygens (including phenoxy) is 2. The van der Waals surface area contributed by atoms with E-state index in [1.54, 1.807) is 66.7 Å². The van der Waals surface area contributed by atoms with Gasteiger partial charge in [0.2, 0.25) is 0 Å². The lowest BCUT2D eigenvalue weighted by molar-refractivity contribution is 0.0912. The maximum absolute atomic E-state index is 13.4. The topological polar surface area (TPSA) is 93.2 Å². The summed E-state index contributed by atoms with van der Waals surface area (Å²) in [5.74, 6) is -0.0629. The fraction of sp³-hybridized carbons (Fsp3) is 0. The van der Waals surface area contributed by atoms with E-state index in [4.69, 9.17) is 9.47 Å². The minimum absolute atomic E-state index is 0.200. The zero-order valence-electron chi connectivity index (χ0n) is 21.9. The highest BCUT2D eigenvalue weighted by Crippen LogP contribution is 2.36. The Balaban J connectivity index is 1.16. The third kappa shape index (κ3) is 4.18. The normalized spacial score (nSPS) is 13.8. The highest BCUT2D eigenvalue weighted by atomic mass is 16.5. The van der Waals surface area contributed by atoms with E-state index in [1.165, 1.54) is 18.2 Å². The van der Waals surface area contributed by atoms with Gasteiger partial charge in [-0.05, 0) is 78.9 Å². The standard InChI is InChI=1S/C34H20N2O6/c37-31-27-16-14-25(41-23-10-3-1-4-11-23)19-29(27)33(39)35(31)21-8-7-9-22(18-21)36-32(38)28-17-15-26(20-30(28)34(36)40)42-24-12-5-2-6-13-24/h1-20H. The Hall–Kier alpha value is -6.02. The van der Waals surface area contributed by atoms with E-state index in [2.05, 4.69) is 0 Å². The Morgan fingerprint density at radius 3 is 1.19 bits per heavy atom. The van der Waals surface area contributed by atoms with Crippen LogP contribution >= 0.6 is 0 Å². The van der Waals surface area contributed by atoms with Gasteiger partial charge in [0.1, 0.15) is 23.0 Å². The summed E-state index contributed by atoms with van der Waals surface area (Å²) in [5.41, 5.74) is 1.33. The number of imide groups is 2. The third-order valence-corrected chi connectivity index (χ3v) is 7.02. The van der Waals surface area contributed by atoms with Gasteiger partial charge in [0.15, 0.2) is 0 Å². The number of nitrogens with zero attached hydrogens (tertiary/aromatic N) is 2. The summed E-state index contributed by atoms with van der Waals surface area (Å²) in [4.78, 5) is 55.5. The van der Waals surface area contributed by atoms with Crippen LogP contribution in [0.4, 0.5) is 11.4 Å². The highest BCUT2D eigenvalue weighted by molar-refractivity contribution is 6.36. The molecule has 0 bridgehead atoms. The van der Waals surface area contributed by atoms with Crippen molar-refractivity contribution in [1.82, 2.24) is 0 Å². The summed E-state index contributed by atoms with van der Waals surface area (Å²) in [7, 11) is 0. The number of carbonyl (C=O) groups is 4. The van der Waals surface area contributed by atoms with Gasteiger partial charge in [0, 0.05) is 0 Å². The zero-order valence-corrected chi connectivity index (χ0v) is 21.9. The van der Waals surface area contributed by atoms with Crippen molar-refractivity contribution in [3.63, 3.8) is 0 Å². The molecule has 0 aliphatic carbocycles. The first kappa shape index (κ1) is 25.0. The summed E-state index contributed by atoms with van der Waals surface area (Å²) >= 11 is 0. The Morgan fingerprint density at radius 1 is 0.357 bits per heavy atom. The van der Waals surface area contributed by atoms with E-state index >= 15 is 0 Å². The molecule has 42 heavy (non-hydrogen) atoms. The molecule has 202 valence electrons. The number of benzene rings is 5. The summed E-state index contributed by atoms with van der Waals surface area (Å²) in [6, 6.07) is 33.9. The predicted molar refractivity (Wildman–Crippen MR) is 155 cm³/mol. The number of rotatable bonds is 6. The van der Waals surface area contributed by atoms with Gasteiger partial charge in [-0.15, -0.1) is 0 Å². The monoisotopic (exact) mass is 552 g/mol. The van der Waals surface area contributed by atoms with Crippen LogP contribution in [-0.4, -0.2) is 23.6 Å². The summed E-state index contributed by atoms with van der Waals surface area (Å²) in [6.45, 7) is 0. The average Bonchev–Trinajstić information content (AvgIpc) is 3.41. The molecule has 2 aliphatic rings. The lowest BCUT2D eigenvalue weighted by Crippen LogP contribution is -2.31. The van der Waals surface area contributed by atoms with Crippen molar-refractivity contribution in [2.45, 2.75) is 0 Å². The second-order valence-corrected chi connectivity index (χ2v) is 9.66. The van der Waals surface area contributed by atoms with Crippen molar-refractivity contribution >= 4 is 35.0 Å². The zero-order chi connectivity index (χ0) is 28.8. The number of amides is 4. The van der Waals surface area contributed by atoms with Gasteiger partial charge in [-0.2, -0.15) is 0 Å². The molecule has 8 nitrogen and oxygen atoms in total. The van der Waals surface area contributed by atoms with E-state index in [0.717, 1.165) is 9.80 Å². The number of para-hydroxylation sites is 2. The van der Waals surface area contributed by atoms with Gasteiger partial charge < -0.3 is 9.47 Å². The van der Waals surface area contributed by atoms with E-state index in [-0.39, 0.29) is 33.6 Å². The van der Waals surface area contributed by atoms with Crippen molar-refractivity contribution in [1.29, 1.82) is 0 Å². The van der Waals surface area contributed by atoms with Crippen molar-refractivity contribution in [2.75, 3.05) is 9.80 Å². The molecule has 0 aromatic heterocycles. The number of anilines is 2. The van der Waals surface area contributed by atoms with Crippen LogP contribution in [0.1, 0.15) is 41.4 Å². The van der Waals surface area contributed by atoms with E-state index in [1.807, 2.05) is 36.4 Å². The molecular weight excluding hydrogens is 532 g/mol. The van der Waals surface area contributed by atoms with Gasteiger partial charge >= 0.3 is 0 Å². The number of fused-ring (bicyclic) bond motifs is 2. The average molecular weight is 553 g/mol. The fourth-order valence-electron chi connectivity index (χ4n) is 5.06. The van der Waals surface area contributed by atoms with Crippen LogP contribution in [0.25, 0.3) is 0 Å². The second-order valence-electron chi connectivity index (χ2n) is 9.66. The number of hydrogen-bond acceptors (Lipinski definition) is 6. The predicted octanol–water partition coefficient (Wildman–Crippen LogP) is 6.87. The van der Waals surface area contributed by atoms with Crippen molar-refractivity contribution < 1.29 is 28.7 Å². The first-order valence-electron chi connectivity index (χ1n) is 13.1. The highest BCUT2D eigenvalue weighted by Gasteiger charge is 2.40. The molecule has 0 saturated heterocycles. The quantitative estimate of drug-likeness (QED) is 0.213. The third-order valence-electron chi connectivity index (χ3n) is 7.02. The van der Waals surface area contributed by atoms with Crippen LogP contribution in [0, 0.1) is 0 Å². The number of carbonyl (C=O) groups excluding carboxylic acids is 4. The van der Waals surface area contributed by atoms with Crippen molar-refractivity contribution in [3.8, 4) is 23.0 Å². The first-order valence-corrected chi connectivity index (χ1v) is 13.1. The molecule has 0 radical (unpaired) electrons. The van der Waals surface area contributed by atoms with Crippen LogP contribution in [0.2, 0.25) is 0 Å². The molecule has 0 atom stereocenters. The molecule has 7 rings (SSSR count).